The number of hydrogen-bond donors (Lipinski definition) is 2. The standard InChI is InChI=1S/C22H34N2O8/c1-4-7-15(20(26)27)23-12(2)19(25)24-16-9-6-5-8-14(16)10-17(24)21(28)30-11-18-13(3)31-22(29)32-18/h12-18,23H,4-11H2,1-3H3,(H,26,27)/t12?,13?,14-,15-,16-,17-,18-/m0/s1. The number of carbonyl (C=O) groups is 4. The molecule has 2 saturated heterocycles. The highest BCUT2D eigenvalue weighted by atomic mass is 16.8. The molecule has 0 aromatic carbocycles. The molecule has 180 valence electrons. The van der Waals surface area contributed by atoms with E-state index in [-0.39, 0.29) is 24.5 Å². The number of rotatable bonds is 9. The molecule has 1 aliphatic carbocycles. The van der Waals surface area contributed by atoms with Crippen molar-refractivity contribution in [3.05, 3.63) is 0 Å². The quantitative estimate of drug-likeness (QED) is 0.501. The van der Waals surface area contributed by atoms with E-state index in [4.69, 9.17) is 14.2 Å². The van der Waals surface area contributed by atoms with Gasteiger partial charge in [-0.05, 0) is 45.4 Å². The molecule has 32 heavy (non-hydrogen) atoms. The Bertz CT molecular complexity index is 729. The van der Waals surface area contributed by atoms with E-state index in [9.17, 15) is 24.3 Å². The average Bonchev–Trinajstić information content (AvgIpc) is 3.30. The molecule has 2 unspecified atom stereocenters. The van der Waals surface area contributed by atoms with Gasteiger partial charge in [0.15, 0.2) is 6.10 Å². The lowest BCUT2D eigenvalue weighted by molar-refractivity contribution is -0.157. The number of aliphatic carboxylic acids is 1. The van der Waals surface area contributed by atoms with E-state index < -0.39 is 48.4 Å². The molecule has 3 rings (SSSR count). The fraction of sp³-hybridized carbons (Fsp3) is 0.818. The van der Waals surface area contributed by atoms with Gasteiger partial charge in [-0.1, -0.05) is 26.2 Å². The molecule has 7 atom stereocenters. The van der Waals surface area contributed by atoms with Gasteiger partial charge in [0.05, 0.1) is 6.04 Å². The number of amides is 1. The Morgan fingerprint density at radius 3 is 2.59 bits per heavy atom. The van der Waals surface area contributed by atoms with Gasteiger partial charge in [-0.3, -0.25) is 14.9 Å². The fourth-order valence-corrected chi connectivity index (χ4v) is 5.06. The van der Waals surface area contributed by atoms with Crippen molar-refractivity contribution in [3.63, 3.8) is 0 Å². The Balaban J connectivity index is 1.69. The van der Waals surface area contributed by atoms with E-state index in [2.05, 4.69) is 5.32 Å². The molecule has 0 radical (unpaired) electrons. The minimum atomic E-state index is -0.998. The maximum absolute atomic E-state index is 13.4. The third-order valence-electron chi connectivity index (χ3n) is 6.75. The van der Waals surface area contributed by atoms with E-state index >= 15 is 0 Å². The van der Waals surface area contributed by atoms with Crippen LogP contribution in [0.5, 0.6) is 0 Å². The summed E-state index contributed by atoms with van der Waals surface area (Å²) in [6.07, 6.45) is 3.41. The van der Waals surface area contributed by atoms with Crippen LogP contribution in [-0.2, 0) is 28.6 Å². The van der Waals surface area contributed by atoms with Gasteiger partial charge in [-0.25, -0.2) is 9.59 Å². The lowest BCUT2D eigenvalue weighted by Crippen LogP contribution is -2.55. The first-order valence-corrected chi connectivity index (χ1v) is 11.6. The summed E-state index contributed by atoms with van der Waals surface area (Å²) >= 11 is 0. The zero-order chi connectivity index (χ0) is 23.4. The Labute approximate surface area is 187 Å². The molecule has 0 bridgehead atoms. The first kappa shape index (κ1) is 24.3. The van der Waals surface area contributed by atoms with Crippen LogP contribution >= 0.6 is 0 Å². The van der Waals surface area contributed by atoms with Crippen LogP contribution in [0.4, 0.5) is 4.79 Å². The van der Waals surface area contributed by atoms with Crippen LogP contribution in [-0.4, -0.2) is 77.0 Å². The number of fused-ring (bicyclic) bond motifs is 1. The molecule has 1 amide bonds. The molecule has 0 aromatic rings. The van der Waals surface area contributed by atoms with Crippen molar-refractivity contribution in [1.82, 2.24) is 10.2 Å². The second kappa shape index (κ2) is 10.5. The van der Waals surface area contributed by atoms with Gasteiger partial charge in [-0.15, -0.1) is 0 Å². The molecule has 0 aromatic heterocycles. The first-order chi connectivity index (χ1) is 15.2. The summed E-state index contributed by atoms with van der Waals surface area (Å²) in [4.78, 5) is 50.8. The summed E-state index contributed by atoms with van der Waals surface area (Å²) in [6, 6.07) is -2.36. The number of carboxylic acids is 1. The van der Waals surface area contributed by atoms with Crippen LogP contribution in [0, 0.1) is 5.92 Å². The molecule has 3 aliphatic rings. The molecule has 3 fully saturated rings. The fourth-order valence-electron chi connectivity index (χ4n) is 5.06. The zero-order valence-corrected chi connectivity index (χ0v) is 19.0. The summed E-state index contributed by atoms with van der Waals surface area (Å²) < 4.78 is 15.3. The van der Waals surface area contributed by atoms with Crippen molar-refractivity contribution < 1.29 is 38.5 Å². The molecule has 1 saturated carbocycles. The minimum absolute atomic E-state index is 0.0564. The van der Waals surface area contributed by atoms with Gasteiger partial charge in [0, 0.05) is 6.04 Å². The number of carbonyl (C=O) groups excluding carboxylic acids is 3. The Hall–Kier alpha value is -2.36. The highest BCUT2D eigenvalue weighted by Crippen LogP contribution is 2.40. The predicted octanol–water partition coefficient (Wildman–Crippen LogP) is 1.84. The van der Waals surface area contributed by atoms with E-state index in [0.29, 0.717) is 19.3 Å². The van der Waals surface area contributed by atoms with Crippen LogP contribution in [0.25, 0.3) is 0 Å². The number of esters is 1. The number of ether oxygens (including phenoxy) is 3. The summed E-state index contributed by atoms with van der Waals surface area (Å²) in [5.41, 5.74) is 0. The Morgan fingerprint density at radius 1 is 1.25 bits per heavy atom. The van der Waals surface area contributed by atoms with Crippen molar-refractivity contribution in [1.29, 1.82) is 0 Å². The van der Waals surface area contributed by atoms with Gasteiger partial charge >= 0.3 is 18.1 Å². The molecule has 2 N–H and O–H groups in total. The molecular formula is C22H34N2O8. The number of likely N-dealkylation sites (tertiary alicyclic amines) is 1. The lowest BCUT2D eigenvalue weighted by Gasteiger charge is -2.35. The average molecular weight is 455 g/mol. The van der Waals surface area contributed by atoms with E-state index in [1.165, 1.54) is 0 Å². The maximum atomic E-state index is 13.4. The number of nitrogens with zero attached hydrogens (tertiary/aromatic N) is 1. The van der Waals surface area contributed by atoms with Crippen LogP contribution in [0.1, 0.15) is 65.7 Å². The van der Waals surface area contributed by atoms with Crippen LogP contribution < -0.4 is 5.32 Å². The van der Waals surface area contributed by atoms with Gasteiger partial charge in [0.2, 0.25) is 5.91 Å². The van der Waals surface area contributed by atoms with Gasteiger partial charge < -0.3 is 24.2 Å². The summed E-state index contributed by atoms with van der Waals surface area (Å²) in [6.45, 7) is 5.05. The third kappa shape index (κ3) is 5.33. The summed E-state index contributed by atoms with van der Waals surface area (Å²) in [5.74, 6) is -1.59. The van der Waals surface area contributed by atoms with Crippen molar-refractivity contribution in [2.24, 2.45) is 5.92 Å². The normalized spacial score (nSPS) is 31.3. The SMILES string of the molecule is CCC[C@H](NC(C)C(=O)N1[C@H](C(=O)OC[C@@H]2OC(=O)OC2C)C[C@@H]2CCCC[C@@H]21)C(=O)O. The largest absolute Gasteiger partial charge is 0.509 e. The third-order valence-corrected chi connectivity index (χ3v) is 6.75. The van der Waals surface area contributed by atoms with Crippen LogP contribution in [0.3, 0.4) is 0 Å². The molecule has 10 nitrogen and oxygen atoms in total. The Kier molecular flexibility index (Phi) is 7.97. The van der Waals surface area contributed by atoms with Crippen molar-refractivity contribution in [2.75, 3.05) is 6.61 Å². The zero-order valence-electron chi connectivity index (χ0n) is 19.0. The highest BCUT2D eigenvalue weighted by Gasteiger charge is 2.49. The second-order valence-electron chi connectivity index (χ2n) is 9.04. The smallest absolute Gasteiger partial charge is 0.480 e. The lowest BCUT2D eigenvalue weighted by atomic mass is 9.84. The van der Waals surface area contributed by atoms with E-state index in [1.807, 2.05) is 6.92 Å². The molecule has 0 spiro atoms. The summed E-state index contributed by atoms with van der Waals surface area (Å²) in [7, 11) is 0. The minimum Gasteiger partial charge on any atom is -0.480 e. The van der Waals surface area contributed by atoms with Crippen molar-refractivity contribution >= 4 is 24.0 Å². The van der Waals surface area contributed by atoms with Gasteiger partial charge in [-0.2, -0.15) is 0 Å². The number of carboxylic acid groups (broad SMARTS) is 1. The van der Waals surface area contributed by atoms with E-state index in [1.54, 1.807) is 18.7 Å². The Morgan fingerprint density at radius 2 is 1.97 bits per heavy atom. The molecule has 2 heterocycles. The maximum Gasteiger partial charge on any atom is 0.509 e. The van der Waals surface area contributed by atoms with Crippen LogP contribution in [0.2, 0.25) is 0 Å². The second-order valence-corrected chi connectivity index (χ2v) is 9.04. The predicted molar refractivity (Wildman–Crippen MR) is 112 cm³/mol. The van der Waals surface area contributed by atoms with Gasteiger partial charge in [0.25, 0.3) is 0 Å². The molecular weight excluding hydrogens is 420 g/mol. The van der Waals surface area contributed by atoms with E-state index in [0.717, 1.165) is 25.7 Å². The van der Waals surface area contributed by atoms with Crippen molar-refractivity contribution in [3.8, 4) is 0 Å². The number of hydrogen-bond acceptors (Lipinski definition) is 8. The topological polar surface area (TPSA) is 131 Å². The summed E-state index contributed by atoms with van der Waals surface area (Å²) in [5, 5.41) is 12.4. The van der Waals surface area contributed by atoms with Gasteiger partial charge in [0.1, 0.15) is 24.8 Å². The number of cyclic esters (lactones) is 2. The first-order valence-electron chi connectivity index (χ1n) is 11.6. The molecule has 2 aliphatic heterocycles. The molecule has 10 heteroatoms. The van der Waals surface area contributed by atoms with Crippen LogP contribution in [0.15, 0.2) is 0 Å². The van der Waals surface area contributed by atoms with Crippen molar-refractivity contribution in [2.45, 2.75) is 102 Å². The number of nitrogens with one attached hydrogen (secondary N) is 1. The highest BCUT2D eigenvalue weighted by molar-refractivity contribution is 5.89. The monoisotopic (exact) mass is 454 g/mol.